The first-order valence-corrected chi connectivity index (χ1v) is 9.02. The van der Waals surface area contributed by atoms with Gasteiger partial charge in [0.05, 0.1) is 11.7 Å². The SMILES string of the molecule is O=C(c1ccsc1)N1C[C@@H]2C[C@@H](c3nnc(C4CC4)o3)O[C@@H]2C1. The molecule has 0 bridgehead atoms. The Morgan fingerprint density at radius 2 is 2.13 bits per heavy atom. The number of nitrogens with zero attached hydrogens (tertiary/aromatic N) is 3. The summed E-state index contributed by atoms with van der Waals surface area (Å²) < 4.78 is 11.9. The Balaban J connectivity index is 1.25. The van der Waals surface area contributed by atoms with Gasteiger partial charge in [0.1, 0.15) is 6.10 Å². The molecule has 0 radical (unpaired) electrons. The molecule has 0 N–H and O–H groups in total. The zero-order chi connectivity index (χ0) is 15.4. The van der Waals surface area contributed by atoms with E-state index in [1.165, 1.54) is 0 Å². The number of hydrogen-bond acceptors (Lipinski definition) is 6. The number of ether oxygens (including phenoxy) is 1. The number of amides is 1. The summed E-state index contributed by atoms with van der Waals surface area (Å²) in [6.45, 7) is 1.40. The number of carbonyl (C=O) groups excluding carboxylic acids is 1. The van der Waals surface area contributed by atoms with Gasteiger partial charge in [-0.3, -0.25) is 4.79 Å². The Bertz CT molecular complexity index is 711. The number of aromatic nitrogens is 2. The Morgan fingerprint density at radius 1 is 1.26 bits per heavy atom. The van der Waals surface area contributed by atoms with Crippen LogP contribution in [0.2, 0.25) is 0 Å². The first-order valence-electron chi connectivity index (χ1n) is 8.08. The van der Waals surface area contributed by atoms with Crippen LogP contribution in [0.15, 0.2) is 21.2 Å². The quantitative estimate of drug-likeness (QED) is 0.865. The predicted octanol–water partition coefficient (Wildman–Crippen LogP) is 2.61. The van der Waals surface area contributed by atoms with E-state index >= 15 is 0 Å². The van der Waals surface area contributed by atoms with Crippen LogP contribution < -0.4 is 0 Å². The molecule has 0 aromatic carbocycles. The molecule has 120 valence electrons. The van der Waals surface area contributed by atoms with Gasteiger partial charge in [0.25, 0.3) is 5.91 Å². The minimum Gasteiger partial charge on any atom is -0.422 e. The number of likely N-dealkylation sites (tertiary alicyclic amines) is 1. The van der Waals surface area contributed by atoms with E-state index in [4.69, 9.17) is 9.15 Å². The summed E-state index contributed by atoms with van der Waals surface area (Å²) in [4.78, 5) is 14.3. The zero-order valence-corrected chi connectivity index (χ0v) is 13.4. The fraction of sp³-hybridized carbons (Fsp3) is 0.562. The van der Waals surface area contributed by atoms with E-state index in [9.17, 15) is 4.79 Å². The van der Waals surface area contributed by atoms with Gasteiger partial charge in [-0.2, -0.15) is 11.3 Å². The van der Waals surface area contributed by atoms with E-state index in [1.807, 2.05) is 21.7 Å². The molecule has 0 unspecified atom stereocenters. The van der Waals surface area contributed by atoms with Gasteiger partial charge in [-0.1, -0.05) is 0 Å². The summed E-state index contributed by atoms with van der Waals surface area (Å²) in [7, 11) is 0. The number of thiophene rings is 1. The van der Waals surface area contributed by atoms with Gasteiger partial charge in [0.2, 0.25) is 11.8 Å². The minimum absolute atomic E-state index is 0.0823. The van der Waals surface area contributed by atoms with E-state index < -0.39 is 0 Å². The largest absolute Gasteiger partial charge is 0.422 e. The maximum atomic E-state index is 12.4. The van der Waals surface area contributed by atoms with Crippen LogP contribution in [0.4, 0.5) is 0 Å². The standard InChI is InChI=1S/C16H17N3O3S/c20-16(10-3-4-23-8-10)19-6-11-5-12(21-13(11)7-19)15-18-17-14(22-15)9-1-2-9/h3-4,8-9,11-13H,1-2,5-7H2/t11-,12-,13+/m0/s1. The second-order valence-electron chi connectivity index (χ2n) is 6.63. The van der Waals surface area contributed by atoms with Crippen LogP contribution in [-0.2, 0) is 4.74 Å². The highest BCUT2D eigenvalue weighted by molar-refractivity contribution is 7.08. The Hall–Kier alpha value is -1.73. The van der Waals surface area contributed by atoms with Crippen molar-refractivity contribution in [3.8, 4) is 0 Å². The van der Waals surface area contributed by atoms with Crippen molar-refractivity contribution in [1.82, 2.24) is 15.1 Å². The molecular formula is C16H17N3O3S. The molecule has 7 heteroatoms. The van der Waals surface area contributed by atoms with Crippen molar-refractivity contribution in [3.63, 3.8) is 0 Å². The molecule has 23 heavy (non-hydrogen) atoms. The lowest BCUT2D eigenvalue weighted by atomic mass is 10.0. The highest BCUT2D eigenvalue weighted by Gasteiger charge is 2.46. The minimum atomic E-state index is -0.108. The van der Waals surface area contributed by atoms with Gasteiger partial charge in [-0.15, -0.1) is 10.2 Å². The molecule has 1 saturated carbocycles. The topological polar surface area (TPSA) is 68.5 Å². The molecule has 2 aliphatic heterocycles. The monoisotopic (exact) mass is 331 g/mol. The number of fused-ring (bicyclic) bond motifs is 1. The van der Waals surface area contributed by atoms with E-state index in [0.717, 1.165) is 37.3 Å². The van der Waals surface area contributed by atoms with Crippen molar-refractivity contribution in [2.45, 2.75) is 37.4 Å². The number of hydrogen-bond donors (Lipinski definition) is 0. The first-order chi connectivity index (χ1) is 11.3. The van der Waals surface area contributed by atoms with E-state index in [-0.39, 0.29) is 18.1 Å². The highest BCUT2D eigenvalue weighted by Crippen LogP contribution is 2.43. The van der Waals surface area contributed by atoms with Crippen molar-refractivity contribution in [3.05, 3.63) is 34.2 Å². The van der Waals surface area contributed by atoms with Gasteiger partial charge in [0.15, 0.2) is 0 Å². The summed E-state index contributed by atoms with van der Waals surface area (Å²) in [6, 6.07) is 1.88. The van der Waals surface area contributed by atoms with E-state index in [0.29, 0.717) is 24.3 Å². The summed E-state index contributed by atoms with van der Waals surface area (Å²) in [6.07, 6.45) is 3.13. The summed E-state index contributed by atoms with van der Waals surface area (Å²) >= 11 is 1.55. The molecular weight excluding hydrogens is 314 g/mol. The lowest BCUT2D eigenvalue weighted by molar-refractivity contribution is 0.0222. The van der Waals surface area contributed by atoms with Crippen LogP contribution in [0.25, 0.3) is 0 Å². The third-order valence-corrected chi connectivity index (χ3v) is 5.63. The maximum absolute atomic E-state index is 12.4. The van der Waals surface area contributed by atoms with Crippen molar-refractivity contribution in [1.29, 1.82) is 0 Å². The van der Waals surface area contributed by atoms with E-state index in [2.05, 4.69) is 10.2 Å². The van der Waals surface area contributed by atoms with Crippen molar-refractivity contribution in [2.24, 2.45) is 5.92 Å². The second-order valence-corrected chi connectivity index (χ2v) is 7.41. The van der Waals surface area contributed by atoms with Gasteiger partial charge >= 0.3 is 0 Å². The van der Waals surface area contributed by atoms with Gasteiger partial charge in [-0.05, 0) is 30.7 Å². The van der Waals surface area contributed by atoms with Gasteiger partial charge in [0, 0.05) is 30.3 Å². The normalized spacial score (nSPS) is 29.9. The third kappa shape index (κ3) is 2.38. The molecule has 5 rings (SSSR count). The fourth-order valence-electron chi connectivity index (χ4n) is 3.53. The van der Waals surface area contributed by atoms with Crippen LogP contribution in [-0.4, -0.2) is 40.2 Å². The Kier molecular flexibility index (Phi) is 3.06. The number of rotatable bonds is 3. The molecule has 1 amide bonds. The Morgan fingerprint density at radius 3 is 2.87 bits per heavy atom. The molecule has 0 spiro atoms. The van der Waals surface area contributed by atoms with Gasteiger partial charge in [-0.25, -0.2) is 0 Å². The van der Waals surface area contributed by atoms with E-state index in [1.54, 1.807) is 11.3 Å². The highest BCUT2D eigenvalue weighted by atomic mass is 32.1. The summed E-state index contributed by atoms with van der Waals surface area (Å²) in [5.74, 6) is 2.30. The molecule has 3 atom stereocenters. The molecule has 3 fully saturated rings. The van der Waals surface area contributed by atoms with Crippen molar-refractivity contribution in [2.75, 3.05) is 13.1 Å². The molecule has 2 aromatic rings. The van der Waals surface area contributed by atoms with Crippen molar-refractivity contribution < 1.29 is 13.9 Å². The fourth-order valence-corrected chi connectivity index (χ4v) is 4.16. The van der Waals surface area contributed by atoms with Crippen LogP contribution in [0.1, 0.15) is 53.4 Å². The molecule has 3 aliphatic rings. The summed E-state index contributed by atoms with van der Waals surface area (Å²) in [5, 5.41) is 12.1. The molecule has 1 aliphatic carbocycles. The lowest BCUT2D eigenvalue weighted by Gasteiger charge is -2.17. The van der Waals surface area contributed by atoms with Crippen LogP contribution >= 0.6 is 11.3 Å². The number of carbonyl (C=O) groups is 1. The average molecular weight is 331 g/mol. The zero-order valence-electron chi connectivity index (χ0n) is 12.6. The predicted molar refractivity (Wildman–Crippen MR) is 82.2 cm³/mol. The van der Waals surface area contributed by atoms with Crippen LogP contribution in [0.5, 0.6) is 0 Å². The van der Waals surface area contributed by atoms with Gasteiger partial charge < -0.3 is 14.1 Å². The lowest BCUT2D eigenvalue weighted by Crippen LogP contribution is -2.30. The van der Waals surface area contributed by atoms with Crippen LogP contribution in [0, 0.1) is 5.92 Å². The average Bonchev–Trinajstić information content (AvgIpc) is 3.00. The molecule has 6 nitrogen and oxygen atoms in total. The Labute approximate surface area is 137 Å². The smallest absolute Gasteiger partial charge is 0.254 e. The molecule has 4 heterocycles. The maximum Gasteiger partial charge on any atom is 0.254 e. The first kappa shape index (κ1) is 13.7. The molecule has 2 aromatic heterocycles. The summed E-state index contributed by atoms with van der Waals surface area (Å²) in [5.41, 5.74) is 0.775. The third-order valence-electron chi connectivity index (χ3n) is 4.95. The van der Waals surface area contributed by atoms with Crippen molar-refractivity contribution >= 4 is 17.2 Å². The molecule has 2 saturated heterocycles. The van der Waals surface area contributed by atoms with Crippen LogP contribution in [0.3, 0.4) is 0 Å². The second kappa shape index (κ2) is 5.14.